The van der Waals surface area contributed by atoms with Crippen molar-refractivity contribution in [2.45, 2.75) is 65.7 Å². The molecule has 2 unspecified atom stereocenters. The van der Waals surface area contributed by atoms with Gasteiger partial charge in [0.15, 0.2) is 5.78 Å². The Bertz CT molecular complexity index is 607. The minimum absolute atomic E-state index is 0.121. The minimum atomic E-state index is 0.121. The maximum atomic E-state index is 10.6. The van der Waals surface area contributed by atoms with Crippen molar-refractivity contribution in [2.75, 3.05) is 5.73 Å². The van der Waals surface area contributed by atoms with Crippen LogP contribution in [0.4, 0.5) is 5.88 Å². The van der Waals surface area contributed by atoms with E-state index in [1.54, 1.807) is 6.92 Å². The molecule has 1 aromatic heterocycles. The molecular weight excluding hydrogens is 312 g/mol. The second-order valence-electron chi connectivity index (χ2n) is 6.65. The lowest BCUT2D eigenvalue weighted by Crippen LogP contribution is -2.02. The summed E-state index contributed by atoms with van der Waals surface area (Å²) in [6, 6.07) is 11.1. The van der Waals surface area contributed by atoms with E-state index < -0.39 is 0 Å². The molecule has 2 rings (SSSR count). The summed E-state index contributed by atoms with van der Waals surface area (Å²) in [4.78, 5) is 10.6. The molecule has 4 heteroatoms. The maximum Gasteiger partial charge on any atom is 0.222 e. The molecule has 0 amide bonds. The van der Waals surface area contributed by atoms with Crippen LogP contribution in [0.25, 0.3) is 0 Å². The Balaban J connectivity index is 0.000000293. The molecule has 2 N–H and O–H groups in total. The molecule has 0 saturated heterocycles. The zero-order valence-electron chi connectivity index (χ0n) is 16.0. The van der Waals surface area contributed by atoms with E-state index in [0.29, 0.717) is 11.8 Å². The normalized spacial score (nSPS) is 12.8. The lowest BCUT2D eigenvalue weighted by molar-refractivity contribution is 0.101. The van der Waals surface area contributed by atoms with Crippen molar-refractivity contribution in [3.8, 4) is 0 Å². The quantitative estimate of drug-likeness (QED) is 0.609. The fraction of sp³-hybridized carbons (Fsp3) is 0.524. The van der Waals surface area contributed by atoms with Crippen molar-refractivity contribution in [1.29, 1.82) is 0 Å². The summed E-state index contributed by atoms with van der Waals surface area (Å²) in [6.45, 7) is 8.32. The number of carbonyl (C=O) groups is 1. The van der Waals surface area contributed by atoms with Crippen molar-refractivity contribution >= 4 is 11.7 Å². The summed E-state index contributed by atoms with van der Waals surface area (Å²) in [5.74, 6) is 1.86. The zero-order valence-corrected chi connectivity index (χ0v) is 16.0. The van der Waals surface area contributed by atoms with E-state index in [2.05, 4.69) is 25.9 Å². The van der Waals surface area contributed by atoms with Crippen molar-refractivity contribution in [2.24, 2.45) is 5.92 Å². The highest BCUT2D eigenvalue weighted by molar-refractivity contribution is 5.93. The summed E-state index contributed by atoms with van der Waals surface area (Å²) in [5, 5.41) is 4.04. The number of carbonyl (C=O) groups excluding carboxylic acids is 1. The number of nitrogens with two attached hydrogens (primary N) is 1. The van der Waals surface area contributed by atoms with Gasteiger partial charge < -0.3 is 10.3 Å². The van der Waals surface area contributed by atoms with Gasteiger partial charge in [0.05, 0.1) is 5.69 Å². The second kappa shape index (κ2) is 11.5. The van der Waals surface area contributed by atoms with Gasteiger partial charge in [0.25, 0.3) is 0 Å². The lowest BCUT2D eigenvalue weighted by Gasteiger charge is -2.15. The van der Waals surface area contributed by atoms with Crippen LogP contribution in [0.3, 0.4) is 0 Å². The van der Waals surface area contributed by atoms with Crippen LogP contribution in [0.2, 0.25) is 0 Å². The Morgan fingerprint density at radius 1 is 1.16 bits per heavy atom. The first kappa shape index (κ1) is 20.9. The Morgan fingerprint density at radius 3 is 2.28 bits per heavy atom. The highest BCUT2D eigenvalue weighted by Crippen LogP contribution is 2.28. The summed E-state index contributed by atoms with van der Waals surface area (Å²) in [7, 11) is 0. The summed E-state index contributed by atoms with van der Waals surface area (Å²) in [6.07, 6.45) is 6.04. The standard InChI is InChI=1S/C13H24N2O.C8H8O/c1-4-6-11(8-7-10(3)5-2)12-9-13(14)16-15-12;1-7(9)8-5-3-2-4-6-8/h9-11H,4-8,14H2,1-3H3;2-6H,1H3. The Hall–Kier alpha value is -2.10. The van der Waals surface area contributed by atoms with Gasteiger partial charge in [0.1, 0.15) is 0 Å². The minimum Gasteiger partial charge on any atom is -0.368 e. The third-order valence-electron chi connectivity index (χ3n) is 4.49. The van der Waals surface area contributed by atoms with Crippen molar-refractivity contribution in [1.82, 2.24) is 5.16 Å². The van der Waals surface area contributed by atoms with E-state index in [9.17, 15) is 4.79 Å². The number of ketones is 1. The van der Waals surface area contributed by atoms with Crippen LogP contribution in [-0.4, -0.2) is 10.9 Å². The molecular formula is C21H32N2O2. The largest absolute Gasteiger partial charge is 0.368 e. The lowest BCUT2D eigenvalue weighted by atomic mass is 9.90. The first-order valence-electron chi connectivity index (χ1n) is 9.25. The van der Waals surface area contributed by atoms with Gasteiger partial charge in [-0.2, -0.15) is 0 Å². The van der Waals surface area contributed by atoms with E-state index in [0.717, 1.165) is 17.2 Å². The topological polar surface area (TPSA) is 69.1 Å². The monoisotopic (exact) mass is 344 g/mol. The molecule has 25 heavy (non-hydrogen) atoms. The highest BCUT2D eigenvalue weighted by atomic mass is 16.5. The van der Waals surface area contributed by atoms with Crippen LogP contribution in [0.5, 0.6) is 0 Å². The van der Waals surface area contributed by atoms with E-state index in [4.69, 9.17) is 10.3 Å². The Kier molecular flexibility index (Phi) is 9.60. The van der Waals surface area contributed by atoms with Gasteiger partial charge >= 0.3 is 0 Å². The van der Waals surface area contributed by atoms with Gasteiger partial charge in [-0.15, -0.1) is 0 Å². The number of Topliss-reactive ketones (excluding diaryl/α,β-unsaturated/α-hetero) is 1. The average molecular weight is 344 g/mol. The van der Waals surface area contributed by atoms with Crippen molar-refractivity contribution in [3.05, 3.63) is 47.7 Å². The number of hydrogen-bond acceptors (Lipinski definition) is 4. The molecule has 0 radical (unpaired) electrons. The second-order valence-corrected chi connectivity index (χ2v) is 6.65. The third kappa shape index (κ3) is 8.01. The number of rotatable bonds is 8. The molecule has 0 aliphatic rings. The number of hydrogen-bond donors (Lipinski definition) is 1. The van der Waals surface area contributed by atoms with Crippen LogP contribution in [0.15, 0.2) is 40.9 Å². The van der Waals surface area contributed by atoms with Crippen LogP contribution in [0, 0.1) is 5.92 Å². The molecule has 1 aromatic carbocycles. The van der Waals surface area contributed by atoms with Gasteiger partial charge in [-0.25, -0.2) is 0 Å². The molecule has 2 aromatic rings. The molecule has 1 heterocycles. The fourth-order valence-corrected chi connectivity index (χ4v) is 2.65. The SMILES string of the molecule is CC(=O)c1ccccc1.CCCC(CCC(C)CC)c1cc(N)on1. The summed E-state index contributed by atoms with van der Waals surface area (Å²) < 4.78 is 4.95. The number of nitrogen functional groups attached to an aromatic ring is 1. The predicted octanol–water partition coefficient (Wildman–Crippen LogP) is 5.86. The van der Waals surface area contributed by atoms with E-state index >= 15 is 0 Å². The van der Waals surface area contributed by atoms with Crippen molar-refractivity contribution < 1.29 is 9.32 Å². The average Bonchev–Trinajstić information content (AvgIpc) is 3.05. The summed E-state index contributed by atoms with van der Waals surface area (Å²) in [5.41, 5.74) is 7.37. The highest BCUT2D eigenvalue weighted by Gasteiger charge is 2.16. The third-order valence-corrected chi connectivity index (χ3v) is 4.49. The van der Waals surface area contributed by atoms with Crippen molar-refractivity contribution in [3.63, 3.8) is 0 Å². The molecule has 0 aliphatic carbocycles. The molecule has 4 nitrogen and oxygen atoms in total. The Labute approximate surface area is 151 Å². The van der Waals surface area contributed by atoms with Crippen LogP contribution >= 0.6 is 0 Å². The smallest absolute Gasteiger partial charge is 0.222 e. The first-order chi connectivity index (χ1) is 12.0. The maximum absolute atomic E-state index is 10.6. The van der Waals surface area contributed by atoms with Gasteiger partial charge in [-0.3, -0.25) is 4.79 Å². The van der Waals surface area contributed by atoms with Crippen LogP contribution in [-0.2, 0) is 0 Å². The zero-order chi connectivity index (χ0) is 18.7. The molecule has 0 fully saturated rings. The van der Waals surface area contributed by atoms with Gasteiger partial charge in [0, 0.05) is 17.5 Å². The van der Waals surface area contributed by atoms with Crippen LogP contribution in [0.1, 0.15) is 81.8 Å². The predicted molar refractivity (Wildman–Crippen MR) is 104 cm³/mol. The molecule has 0 saturated carbocycles. The molecule has 0 aliphatic heterocycles. The molecule has 138 valence electrons. The fourth-order valence-electron chi connectivity index (χ4n) is 2.65. The number of aromatic nitrogens is 1. The van der Waals surface area contributed by atoms with Gasteiger partial charge in [-0.05, 0) is 25.7 Å². The van der Waals surface area contributed by atoms with E-state index in [1.165, 1.54) is 32.1 Å². The van der Waals surface area contributed by atoms with E-state index in [-0.39, 0.29) is 5.78 Å². The number of anilines is 1. The molecule has 2 atom stereocenters. The number of benzene rings is 1. The van der Waals surface area contributed by atoms with Gasteiger partial charge in [-0.1, -0.05) is 75.5 Å². The molecule has 0 bridgehead atoms. The first-order valence-corrected chi connectivity index (χ1v) is 9.25. The van der Waals surface area contributed by atoms with Gasteiger partial charge in [0.2, 0.25) is 5.88 Å². The van der Waals surface area contributed by atoms with Crippen LogP contribution < -0.4 is 5.73 Å². The molecule has 0 spiro atoms. The Morgan fingerprint density at radius 2 is 1.84 bits per heavy atom. The summed E-state index contributed by atoms with van der Waals surface area (Å²) >= 11 is 0. The van der Waals surface area contributed by atoms with E-state index in [1.807, 2.05) is 36.4 Å². The number of nitrogens with zero attached hydrogens (tertiary/aromatic N) is 1.